The molecular formula is C25H24N2O4S. The van der Waals surface area contributed by atoms with Crippen LogP contribution in [0.15, 0.2) is 66.0 Å². The Morgan fingerprint density at radius 1 is 1.03 bits per heavy atom. The van der Waals surface area contributed by atoms with Gasteiger partial charge in [0.15, 0.2) is 6.10 Å². The molecule has 0 saturated carbocycles. The number of amides is 2. The van der Waals surface area contributed by atoms with Crippen LogP contribution in [-0.2, 0) is 27.3 Å². The maximum Gasteiger partial charge on any atom is 0.326 e. The highest BCUT2D eigenvalue weighted by atomic mass is 32.1. The molecule has 0 spiro atoms. The molecule has 0 bridgehead atoms. The van der Waals surface area contributed by atoms with Gasteiger partial charge in [0.25, 0.3) is 11.8 Å². The molecule has 164 valence electrons. The Morgan fingerprint density at radius 2 is 1.75 bits per heavy atom. The predicted molar refractivity (Wildman–Crippen MR) is 123 cm³/mol. The lowest BCUT2D eigenvalue weighted by molar-refractivity contribution is -0.158. The average Bonchev–Trinajstić information content (AvgIpc) is 3.30. The number of nitrogens with zero attached hydrogens (tertiary/aromatic N) is 1. The van der Waals surface area contributed by atoms with Crippen LogP contribution in [0.2, 0.25) is 0 Å². The van der Waals surface area contributed by atoms with Gasteiger partial charge in [-0.15, -0.1) is 11.3 Å². The van der Waals surface area contributed by atoms with Gasteiger partial charge in [-0.2, -0.15) is 0 Å². The third-order valence-corrected chi connectivity index (χ3v) is 6.45. The lowest BCUT2D eigenvalue weighted by atomic mass is 10.0. The smallest absolute Gasteiger partial charge is 0.326 e. The summed E-state index contributed by atoms with van der Waals surface area (Å²) in [6.07, 6.45) is -0.0804. The molecule has 1 aliphatic heterocycles. The Balaban J connectivity index is 1.25. The first-order valence-corrected chi connectivity index (χ1v) is 11.4. The first-order chi connectivity index (χ1) is 15.5. The number of hydrogen-bond acceptors (Lipinski definition) is 5. The van der Waals surface area contributed by atoms with E-state index in [0.29, 0.717) is 18.7 Å². The van der Waals surface area contributed by atoms with E-state index in [1.54, 1.807) is 35.3 Å². The van der Waals surface area contributed by atoms with Crippen LogP contribution >= 0.6 is 11.3 Å². The summed E-state index contributed by atoms with van der Waals surface area (Å²) in [7, 11) is 0. The Kier molecular flexibility index (Phi) is 6.66. The number of benzene rings is 2. The summed E-state index contributed by atoms with van der Waals surface area (Å²) < 4.78 is 5.26. The summed E-state index contributed by atoms with van der Waals surface area (Å²) in [6, 6.07) is 19.0. The molecule has 1 aliphatic rings. The summed E-state index contributed by atoms with van der Waals surface area (Å²) in [5, 5.41) is 4.58. The summed E-state index contributed by atoms with van der Waals surface area (Å²) in [6.45, 7) is 2.41. The van der Waals surface area contributed by atoms with Crippen LogP contribution in [0.25, 0.3) is 11.1 Å². The first kappa shape index (κ1) is 21.8. The fourth-order valence-electron chi connectivity index (χ4n) is 3.68. The van der Waals surface area contributed by atoms with Gasteiger partial charge in [0.1, 0.15) is 6.54 Å². The molecule has 1 aromatic heterocycles. The van der Waals surface area contributed by atoms with E-state index in [2.05, 4.69) is 5.32 Å². The van der Waals surface area contributed by atoms with Crippen LogP contribution < -0.4 is 5.32 Å². The van der Waals surface area contributed by atoms with Crippen molar-refractivity contribution in [2.75, 3.05) is 13.1 Å². The molecule has 0 radical (unpaired) electrons. The van der Waals surface area contributed by atoms with E-state index in [9.17, 15) is 14.4 Å². The Hall–Kier alpha value is -3.45. The van der Waals surface area contributed by atoms with Crippen molar-refractivity contribution in [3.63, 3.8) is 0 Å². The van der Waals surface area contributed by atoms with E-state index < -0.39 is 12.1 Å². The molecular weight excluding hydrogens is 424 g/mol. The standard InChI is InChI=1S/C25H24N2O4S/c1-17(25(30)27-13-11-22-21(16-27)12-14-32-22)31-23(28)15-26-24(29)20-9-7-19(8-10-20)18-5-3-2-4-6-18/h2-10,12,14,17H,11,13,15-16H2,1H3,(H,26,29). The Morgan fingerprint density at radius 3 is 2.50 bits per heavy atom. The third kappa shape index (κ3) is 5.06. The van der Waals surface area contributed by atoms with Crippen LogP contribution in [0.1, 0.15) is 27.7 Å². The molecule has 1 N–H and O–H groups in total. The van der Waals surface area contributed by atoms with Crippen LogP contribution in [0.5, 0.6) is 0 Å². The summed E-state index contributed by atoms with van der Waals surface area (Å²) in [5.41, 5.74) is 3.66. The molecule has 32 heavy (non-hydrogen) atoms. The van der Waals surface area contributed by atoms with Crippen molar-refractivity contribution < 1.29 is 19.1 Å². The van der Waals surface area contributed by atoms with Crippen LogP contribution in [0.3, 0.4) is 0 Å². The predicted octanol–water partition coefficient (Wildman–Crippen LogP) is 3.66. The number of carbonyl (C=O) groups excluding carboxylic acids is 3. The monoisotopic (exact) mass is 448 g/mol. The Labute approximate surface area is 190 Å². The molecule has 1 atom stereocenters. The number of fused-ring (bicyclic) bond motifs is 1. The zero-order chi connectivity index (χ0) is 22.5. The van der Waals surface area contributed by atoms with Crippen LogP contribution in [0, 0.1) is 0 Å². The third-order valence-electron chi connectivity index (χ3n) is 5.42. The van der Waals surface area contributed by atoms with E-state index in [0.717, 1.165) is 23.1 Å². The van der Waals surface area contributed by atoms with Crippen LogP contribution in [-0.4, -0.2) is 41.9 Å². The molecule has 2 heterocycles. The summed E-state index contributed by atoms with van der Waals surface area (Å²) >= 11 is 1.70. The van der Waals surface area contributed by atoms with Gasteiger partial charge in [0.2, 0.25) is 0 Å². The fraction of sp³-hybridized carbons (Fsp3) is 0.240. The van der Waals surface area contributed by atoms with Gasteiger partial charge in [0.05, 0.1) is 0 Å². The molecule has 1 unspecified atom stereocenters. The zero-order valence-corrected chi connectivity index (χ0v) is 18.6. The molecule has 0 fully saturated rings. The SMILES string of the molecule is CC(OC(=O)CNC(=O)c1ccc(-c2ccccc2)cc1)C(=O)N1CCc2sccc2C1. The maximum atomic E-state index is 12.6. The molecule has 2 amide bonds. The van der Waals surface area contributed by atoms with Gasteiger partial charge in [-0.1, -0.05) is 42.5 Å². The molecule has 6 nitrogen and oxygen atoms in total. The van der Waals surface area contributed by atoms with Crippen molar-refractivity contribution in [2.24, 2.45) is 0 Å². The van der Waals surface area contributed by atoms with Gasteiger partial charge >= 0.3 is 5.97 Å². The molecule has 0 aliphatic carbocycles. The molecule has 7 heteroatoms. The normalized spacial score (nSPS) is 13.7. The van der Waals surface area contributed by atoms with E-state index in [-0.39, 0.29) is 18.4 Å². The van der Waals surface area contributed by atoms with Crippen molar-refractivity contribution in [1.82, 2.24) is 10.2 Å². The quantitative estimate of drug-likeness (QED) is 0.584. The highest BCUT2D eigenvalue weighted by Crippen LogP contribution is 2.24. The number of rotatable bonds is 6. The van der Waals surface area contributed by atoms with Gasteiger partial charge in [-0.05, 0) is 53.6 Å². The highest BCUT2D eigenvalue weighted by molar-refractivity contribution is 7.10. The van der Waals surface area contributed by atoms with Crippen molar-refractivity contribution >= 4 is 29.1 Å². The number of esters is 1. The topological polar surface area (TPSA) is 75.7 Å². The minimum atomic E-state index is -0.898. The minimum absolute atomic E-state index is 0.224. The second-order valence-electron chi connectivity index (χ2n) is 7.64. The van der Waals surface area contributed by atoms with Gasteiger partial charge < -0.3 is 15.0 Å². The van der Waals surface area contributed by atoms with Crippen molar-refractivity contribution in [3.05, 3.63) is 82.0 Å². The molecule has 4 rings (SSSR count). The second kappa shape index (κ2) is 9.78. The average molecular weight is 449 g/mol. The Bertz CT molecular complexity index is 1110. The van der Waals surface area contributed by atoms with Gasteiger partial charge in [-0.3, -0.25) is 14.4 Å². The van der Waals surface area contributed by atoms with Crippen molar-refractivity contribution in [1.29, 1.82) is 0 Å². The zero-order valence-electron chi connectivity index (χ0n) is 17.7. The number of ether oxygens (including phenoxy) is 1. The minimum Gasteiger partial charge on any atom is -0.451 e. The van der Waals surface area contributed by atoms with Crippen molar-refractivity contribution in [2.45, 2.75) is 26.0 Å². The number of carbonyl (C=O) groups is 3. The number of thiophene rings is 1. The lowest BCUT2D eigenvalue weighted by Crippen LogP contribution is -2.43. The van der Waals surface area contributed by atoms with E-state index >= 15 is 0 Å². The summed E-state index contributed by atoms with van der Waals surface area (Å²) in [4.78, 5) is 40.2. The second-order valence-corrected chi connectivity index (χ2v) is 8.64. The number of hydrogen-bond donors (Lipinski definition) is 1. The van der Waals surface area contributed by atoms with Crippen LogP contribution in [0.4, 0.5) is 0 Å². The molecule has 2 aromatic carbocycles. The van der Waals surface area contributed by atoms with E-state index in [1.807, 2.05) is 53.9 Å². The largest absolute Gasteiger partial charge is 0.451 e. The van der Waals surface area contributed by atoms with Gasteiger partial charge in [-0.25, -0.2) is 0 Å². The summed E-state index contributed by atoms with van der Waals surface area (Å²) in [5.74, 6) is -1.24. The van der Waals surface area contributed by atoms with Crippen molar-refractivity contribution in [3.8, 4) is 11.1 Å². The van der Waals surface area contributed by atoms with E-state index in [1.165, 1.54) is 4.88 Å². The van der Waals surface area contributed by atoms with Gasteiger partial charge in [0, 0.05) is 23.5 Å². The highest BCUT2D eigenvalue weighted by Gasteiger charge is 2.27. The maximum absolute atomic E-state index is 12.6. The first-order valence-electron chi connectivity index (χ1n) is 10.5. The molecule has 3 aromatic rings. The molecule has 0 saturated heterocycles. The van der Waals surface area contributed by atoms with E-state index in [4.69, 9.17) is 4.74 Å². The number of nitrogens with one attached hydrogen (secondary N) is 1. The lowest BCUT2D eigenvalue weighted by Gasteiger charge is -2.29. The fourth-order valence-corrected chi connectivity index (χ4v) is 4.57.